The average Bonchev–Trinajstić information content (AvgIpc) is 2.69. The Kier molecular flexibility index (Phi) is 2.81. The van der Waals surface area contributed by atoms with Gasteiger partial charge < -0.3 is 0 Å². The van der Waals surface area contributed by atoms with Crippen LogP contribution in [0, 0.1) is 0 Å². The van der Waals surface area contributed by atoms with Gasteiger partial charge in [0.15, 0.2) is 0 Å². The summed E-state index contributed by atoms with van der Waals surface area (Å²) < 4.78 is 0. The number of hydrogen-bond donors (Lipinski definition) is 0. The lowest BCUT2D eigenvalue weighted by molar-refractivity contribution is 1.09. The second kappa shape index (κ2) is 5.19. The zero-order valence-corrected chi connectivity index (χ0v) is 14.5. The van der Waals surface area contributed by atoms with E-state index in [4.69, 9.17) is 0 Å². The lowest BCUT2D eigenvalue weighted by Gasteiger charge is -2.23. The first-order valence-electron chi connectivity index (χ1n) is 9.29. The van der Waals surface area contributed by atoms with Crippen molar-refractivity contribution in [2.75, 3.05) is 0 Å². The molecule has 2 aliphatic carbocycles. The summed E-state index contributed by atoms with van der Waals surface area (Å²) in [6, 6.07) is 26.7. The first-order valence-corrected chi connectivity index (χ1v) is 9.29. The van der Waals surface area contributed by atoms with Gasteiger partial charge in [0, 0.05) is 0 Å². The second-order valence-electron chi connectivity index (χ2n) is 7.42. The quantitative estimate of drug-likeness (QED) is 0.370. The van der Waals surface area contributed by atoms with Crippen LogP contribution in [-0.2, 0) is 12.8 Å². The molecule has 0 amide bonds. The molecule has 0 bridgehead atoms. The minimum absolute atomic E-state index is 1.03. The van der Waals surface area contributed by atoms with Gasteiger partial charge in [-0.2, -0.15) is 0 Å². The average molecular weight is 330 g/mol. The number of benzene rings is 4. The van der Waals surface area contributed by atoms with E-state index >= 15 is 0 Å². The second-order valence-corrected chi connectivity index (χ2v) is 7.42. The molecule has 0 unspecified atom stereocenters. The number of rotatable bonds is 1. The van der Waals surface area contributed by atoms with Gasteiger partial charge in [0.05, 0.1) is 0 Å². The van der Waals surface area contributed by atoms with Crippen molar-refractivity contribution in [2.45, 2.75) is 12.8 Å². The molecule has 122 valence electrons. The Balaban J connectivity index is 1.55. The fraction of sp³-hybridized carbons (Fsp3) is 0.0769. The molecule has 0 aliphatic heterocycles. The molecule has 0 heteroatoms. The molecule has 0 nitrogen and oxygen atoms in total. The van der Waals surface area contributed by atoms with Gasteiger partial charge in [0.2, 0.25) is 0 Å². The minimum atomic E-state index is 1.03. The van der Waals surface area contributed by atoms with Crippen molar-refractivity contribution in [1.82, 2.24) is 0 Å². The van der Waals surface area contributed by atoms with Crippen LogP contribution in [0.25, 0.3) is 33.7 Å². The van der Waals surface area contributed by atoms with Crippen molar-refractivity contribution in [3.05, 3.63) is 106 Å². The molecule has 0 atom stereocenters. The summed E-state index contributed by atoms with van der Waals surface area (Å²) in [5, 5.41) is 5.56. The summed E-state index contributed by atoms with van der Waals surface area (Å²) in [6.45, 7) is 0. The van der Waals surface area contributed by atoms with Gasteiger partial charge in [-0.1, -0.05) is 84.9 Å². The maximum absolute atomic E-state index is 2.41. The fourth-order valence-corrected chi connectivity index (χ4v) is 4.73. The zero-order valence-electron chi connectivity index (χ0n) is 14.5. The predicted octanol–water partition coefficient (Wildman–Crippen LogP) is 6.57. The molecule has 0 heterocycles. The van der Waals surface area contributed by atoms with Gasteiger partial charge in [-0.3, -0.25) is 0 Å². The normalized spacial score (nSPS) is 15.1. The summed E-state index contributed by atoms with van der Waals surface area (Å²) >= 11 is 0. The molecular formula is C26H18. The molecule has 0 saturated carbocycles. The van der Waals surface area contributed by atoms with Crippen LogP contribution in [0.5, 0.6) is 0 Å². The zero-order chi connectivity index (χ0) is 17.1. The van der Waals surface area contributed by atoms with Crippen LogP contribution in [0.1, 0.15) is 22.3 Å². The van der Waals surface area contributed by atoms with Crippen molar-refractivity contribution >= 4 is 33.7 Å². The van der Waals surface area contributed by atoms with E-state index in [0.29, 0.717) is 0 Å². The van der Waals surface area contributed by atoms with E-state index in [1.54, 1.807) is 0 Å². The Hall–Kier alpha value is -3.12. The number of allylic oxidation sites excluding steroid dienone is 2. The van der Waals surface area contributed by atoms with E-state index in [1.165, 1.54) is 54.9 Å². The molecule has 4 aromatic rings. The molecule has 2 aliphatic rings. The standard InChI is InChI=1S/C26H18/c1-5-17-6-2-10-20-14-23(13-19(9-1)25(17)20)24-15-21-11-3-7-18-8-4-12-22(16-24)26(18)21/h1-13,15H,14,16H2. The Morgan fingerprint density at radius 1 is 0.462 bits per heavy atom. The molecule has 0 spiro atoms. The largest absolute Gasteiger partial charge is 0.0613 e. The van der Waals surface area contributed by atoms with Gasteiger partial charge in [-0.15, -0.1) is 0 Å². The highest BCUT2D eigenvalue weighted by Gasteiger charge is 2.20. The Bertz CT molecular complexity index is 1160. The number of hydrogen-bond acceptors (Lipinski definition) is 0. The maximum atomic E-state index is 2.41. The van der Waals surface area contributed by atoms with Crippen molar-refractivity contribution in [3.63, 3.8) is 0 Å². The first kappa shape index (κ1) is 14.1. The molecule has 0 fully saturated rings. The summed E-state index contributed by atoms with van der Waals surface area (Å²) in [7, 11) is 0. The maximum Gasteiger partial charge on any atom is -0.00163 e. The summed E-state index contributed by atoms with van der Waals surface area (Å²) in [6.07, 6.45) is 6.88. The third-order valence-electron chi connectivity index (χ3n) is 5.88. The smallest absolute Gasteiger partial charge is 0.00163 e. The van der Waals surface area contributed by atoms with Crippen LogP contribution in [-0.4, -0.2) is 0 Å². The minimum Gasteiger partial charge on any atom is -0.0613 e. The highest BCUT2D eigenvalue weighted by Crippen LogP contribution is 2.38. The van der Waals surface area contributed by atoms with E-state index < -0.39 is 0 Å². The highest BCUT2D eigenvalue weighted by atomic mass is 14.2. The van der Waals surface area contributed by atoms with E-state index in [2.05, 4.69) is 84.9 Å². The van der Waals surface area contributed by atoms with Gasteiger partial charge >= 0.3 is 0 Å². The van der Waals surface area contributed by atoms with Crippen LogP contribution >= 0.6 is 0 Å². The monoisotopic (exact) mass is 330 g/mol. The Morgan fingerprint density at radius 2 is 0.885 bits per heavy atom. The Labute approximate surface area is 153 Å². The summed E-state index contributed by atoms with van der Waals surface area (Å²) in [5.41, 5.74) is 8.54. The topological polar surface area (TPSA) is 0 Å². The first-order chi connectivity index (χ1) is 12.9. The molecule has 4 aromatic carbocycles. The summed E-state index contributed by atoms with van der Waals surface area (Å²) in [5.74, 6) is 0. The van der Waals surface area contributed by atoms with Crippen molar-refractivity contribution in [3.8, 4) is 0 Å². The fourth-order valence-electron chi connectivity index (χ4n) is 4.73. The molecular weight excluding hydrogens is 312 g/mol. The molecule has 26 heavy (non-hydrogen) atoms. The third kappa shape index (κ3) is 1.96. The van der Waals surface area contributed by atoms with E-state index in [0.717, 1.165) is 12.8 Å². The van der Waals surface area contributed by atoms with Crippen LogP contribution in [0.3, 0.4) is 0 Å². The molecule has 0 radical (unpaired) electrons. The molecule has 0 N–H and O–H groups in total. The third-order valence-corrected chi connectivity index (χ3v) is 5.88. The highest BCUT2D eigenvalue weighted by molar-refractivity contribution is 5.99. The van der Waals surface area contributed by atoms with Crippen LogP contribution in [0.2, 0.25) is 0 Å². The van der Waals surface area contributed by atoms with E-state index in [1.807, 2.05) is 0 Å². The molecule has 0 saturated heterocycles. The van der Waals surface area contributed by atoms with E-state index in [-0.39, 0.29) is 0 Å². The molecule has 6 rings (SSSR count). The van der Waals surface area contributed by atoms with Gasteiger partial charge in [-0.25, -0.2) is 0 Å². The lowest BCUT2D eigenvalue weighted by atomic mass is 9.81. The van der Waals surface area contributed by atoms with Crippen molar-refractivity contribution in [1.29, 1.82) is 0 Å². The van der Waals surface area contributed by atoms with Crippen molar-refractivity contribution < 1.29 is 0 Å². The van der Waals surface area contributed by atoms with Crippen molar-refractivity contribution in [2.24, 2.45) is 0 Å². The van der Waals surface area contributed by atoms with E-state index in [9.17, 15) is 0 Å². The van der Waals surface area contributed by atoms with Gasteiger partial charge in [-0.05, 0) is 67.8 Å². The Morgan fingerprint density at radius 3 is 1.35 bits per heavy atom. The SMILES string of the molecule is C1=C(C2=Cc3cccc4cccc(c34)C2)Cc2cccc3cccc1c23. The van der Waals surface area contributed by atoms with Gasteiger partial charge in [0.25, 0.3) is 0 Å². The van der Waals surface area contributed by atoms with Gasteiger partial charge in [0.1, 0.15) is 0 Å². The van der Waals surface area contributed by atoms with Crippen LogP contribution in [0.15, 0.2) is 83.9 Å². The van der Waals surface area contributed by atoms with Crippen LogP contribution < -0.4 is 0 Å². The summed E-state index contributed by atoms with van der Waals surface area (Å²) in [4.78, 5) is 0. The lowest BCUT2D eigenvalue weighted by Crippen LogP contribution is -2.06. The predicted molar refractivity (Wildman–Crippen MR) is 111 cm³/mol. The van der Waals surface area contributed by atoms with Crippen LogP contribution in [0.4, 0.5) is 0 Å². The molecule has 0 aromatic heterocycles.